The van der Waals surface area contributed by atoms with Gasteiger partial charge in [0.05, 0.1) is 6.42 Å². The molecule has 1 aliphatic carbocycles. The topological polar surface area (TPSA) is 46.2 Å². The summed E-state index contributed by atoms with van der Waals surface area (Å²) in [5.74, 6) is -0.101. The van der Waals surface area contributed by atoms with Crippen LogP contribution in [0.25, 0.3) is 0 Å². The summed E-state index contributed by atoms with van der Waals surface area (Å²) >= 11 is 0. The molecular formula is C16H21NO2. The third-order valence-corrected chi connectivity index (χ3v) is 4.11. The van der Waals surface area contributed by atoms with Crippen LogP contribution in [-0.4, -0.2) is 11.7 Å². The van der Waals surface area contributed by atoms with Gasteiger partial charge in [-0.2, -0.15) is 0 Å². The lowest BCUT2D eigenvalue weighted by molar-refractivity contribution is -0.129. The van der Waals surface area contributed by atoms with Crippen molar-refractivity contribution in [3.8, 4) is 0 Å². The average Bonchev–Trinajstić information content (AvgIpc) is 3.14. The van der Waals surface area contributed by atoms with Gasteiger partial charge in [-0.25, -0.2) is 0 Å². The van der Waals surface area contributed by atoms with Gasteiger partial charge in [0.15, 0.2) is 0 Å². The van der Waals surface area contributed by atoms with Crippen LogP contribution in [0.4, 0.5) is 5.69 Å². The van der Waals surface area contributed by atoms with Gasteiger partial charge in [0.1, 0.15) is 5.78 Å². The molecule has 2 rings (SSSR count). The summed E-state index contributed by atoms with van der Waals surface area (Å²) in [6, 6.07) is 5.91. The molecule has 0 aliphatic heterocycles. The van der Waals surface area contributed by atoms with E-state index in [9.17, 15) is 9.59 Å². The minimum absolute atomic E-state index is 0.00121. The number of carbonyl (C=O) groups is 2. The number of hydrogen-bond acceptors (Lipinski definition) is 2. The van der Waals surface area contributed by atoms with E-state index in [4.69, 9.17) is 0 Å². The van der Waals surface area contributed by atoms with Crippen LogP contribution < -0.4 is 5.32 Å². The zero-order valence-electron chi connectivity index (χ0n) is 11.9. The van der Waals surface area contributed by atoms with Crippen LogP contribution in [0.15, 0.2) is 18.2 Å². The van der Waals surface area contributed by atoms with E-state index in [1.165, 1.54) is 0 Å². The van der Waals surface area contributed by atoms with Crippen LogP contribution in [0.3, 0.4) is 0 Å². The Labute approximate surface area is 114 Å². The number of hydrogen-bond donors (Lipinski definition) is 1. The Bertz CT molecular complexity index is 515. The van der Waals surface area contributed by atoms with Crippen molar-refractivity contribution in [3.63, 3.8) is 0 Å². The highest BCUT2D eigenvalue weighted by atomic mass is 16.2. The minimum atomic E-state index is -0.196. The van der Waals surface area contributed by atoms with Gasteiger partial charge in [0.2, 0.25) is 5.91 Å². The molecule has 1 N–H and O–H groups in total. The highest BCUT2D eigenvalue weighted by molar-refractivity contribution is 6.07. The van der Waals surface area contributed by atoms with E-state index in [2.05, 4.69) is 5.32 Å². The summed E-state index contributed by atoms with van der Waals surface area (Å²) < 4.78 is 0. The molecule has 1 saturated carbocycles. The summed E-state index contributed by atoms with van der Waals surface area (Å²) in [6.07, 6.45) is 2.74. The van der Waals surface area contributed by atoms with Gasteiger partial charge >= 0.3 is 0 Å². The van der Waals surface area contributed by atoms with Crippen molar-refractivity contribution in [2.24, 2.45) is 5.41 Å². The maximum atomic E-state index is 12.0. The predicted molar refractivity (Wildman–Crippen MR) is 76.1 cm³/mol. The molecule has 1 amide bonds. The van der Waals surface area contributed by atoms with Gasteiger partial charge < -0.3 is 5.32 Å². The summed E-state index contributed by atoms with van der Waals surface area (Å²) in [5, 5.41) is 2.85. The van der Waals surface area contributed by atoms with Crippen molar-refractivity contribution in [2.75, 3.05) is 5.32 Å². The third-order valence-electron chi connectivity index (χ3n) is 4.11. The summed E-state index contributed by atoms with van der Waals surface area (Å²) in [4.78, 5) is 24.0. The van der Waals surface area contributed by atoms with E-state index in [0.29, 0.717) is 0 Å². The Hall–Kier alpha value is -1.64. The number of benzene rings is 1. The predicted octanol–water partition coefficient (Wildman–Crippen LogP) is 3.39. The zero-order chi connectivity index (χ0) is 14.0. The van der Waals surface area contributed by atoms with Crippen molar-refractivity contribution in [1.82, 2.24) is 0 Å². The van der Waals surface area contributed by atoms with Gasteiger partial charge in [0, 0.05) is 11.1 Å². The second-order valence-electron chi connectivity index (χ2n) is 5.60. The maximum absolute atomic E-state index is 12.0. The highest BCUT2D eigenvalue weighted by Gasteiger charge is 2.47. The van der Waals surface area contributed by atoms with Crippen LogP contribution in [-0.2, 0) is 9.59 Å². The Morgan fingerprint density at radius 2 is 1.95 bits per heavy atom. The Morgan fingerprint density at radius 1 is 1.26 bits per heavy atom. The molecule has 3 nitrogen and oxygen atoms in total. The van der Waals surface area contributed by atoms with Crippen molar-refractivity contribution < 1.29 is 9.59 Å². The molecule has 1 aliphatic rings. The van der Waals surface area contributed by atoms with Crippen molar-refractivity contribution in [2.45, 2.75) is 46.5 Å². The molecule has 0 unspecified atom stereocenters. The van der Waals surface area contributed by atoms with Crippen molar-refractivity contribution in [1.29, 1.82) is 0 Å². The number of nitrogens with one attached hydrogen (secondary N) is 1. The quantitative estimate of drug-likeness (QED) is 0.824. The largest absolute Gasteiger partial charge is 0.325 e. The molecular weight excluding hydrogens is 238 g/mol. The summed E-state index contributed by atoms with van der Waals surface area (Å²) in [5.41, 5.74) is 2.74. The van der Waals surface area contributed by atoms with Gasteiger partial charge in [-0.3, -0.25) is 9.59 Å². The Kier molecular flexibility index (Phi) is 3.74. The third kappa shape index (κ3) is 3.03. The van der Waals surface area contributed by atoms with Gasteiger partial charge in [-0.1, -0.05) is 19.1 Å². The first-order valence-electron chi connectivity index (χ1n) is 6.87. The molecule has 19 heavy (non-hydrogen) atoms. The fraction of sp³-hybridized carbons (Fsp3) is 0.500. The number of Topliss-reactive ketones (excluding diaryl/α,β-unsaturated/α-hetero) is 1. The maximum Gasteiger partial charge on any atom is 0.231 e. The number of ketones is 1. The lowest BCUT2D eigenvalue weighted by Gasteiger charge is -2.12. The van der Waals surface area contributed by atoms with Crippen LogP contribution >= 0.6 is 0 Å². The molecule has 1 fully saturated rings. The number of anilines is 1. The Balaban J connectivity index is 1.98. The first kappa shape index (κ1) is 13.8. The van der Waals surface area contributed by atoms with Crippen LogP contribution in [0, 0.1) is 19.3 Å². The molecule has 0 atom stereocenters. The number of carbonyl (C=O) groups excluding carboxylic acids is 2. The molecule has 0 aromatic heterocycles. The van der Waals surface area contributed by atoms with Gasteiger partial charge in [-0.15, -0.1) is 0 Å². The highest BCUT2D eigenvalue weighted by Crippen LogP contribution is 2.50. The minimum Gasteiger partial charge on any atom is -0.325 e. The van der Waals surface area contributed by atoms with Crippen LogP contribution in [0.1, 0.15) is 43.7 Å². The molecule has 0 heterocycles. The molecule has 1 aromatic carbocycles. The summed E-state index contributed by atoms with van der Waals surface area (Å²) in [6.45, 7) is 5.95. The average molecular weight is 259 g/mol. The monoisotopic (exact) mass is 259 g/mol. The molecule has 0 bridgehead atoms. The normalized spacial score (nSPS) is 15.9. The van der Waals surface area contributed by atoms with E-state index in [1.807, 2.05) is 39.0 Å². The van der Waals surface area contributed by atoms with E-state index < -0.39 is 0 Å². The summed E-state index contributed by atoms with van der Waals surface area (Å²) in [7, 11) is 0. The van der Waals surface area contributed by atoms with Gasteiger partial charge in [0.25, 0.3) is 0 Å². The smallest absolute Gasteiger partial charge is 0.231 e. The number of aryl methyl sites for hydroxylation is 2. The lowest BCUT2D eigenvalue weighted by atomic mass is 9.95. The number of rotatable bonds is 5. The first-order valence-corrected chi connectivity index (χ1v) is 6.87. The molecule has 0 saturated heterocycles. The molecule has 3 heteroatoms. The second-order valence-corrected chi connectivity index (χ2v) is 5.60. The van der Waals surface area contributed by atoms with Crippen molar-refractivity contribution in [3.05, 3.63) is 29.3 Å². The van der Waals surface area contributed by atoms with E-state index in [1.54, 1.807) is 0 Å². The fourth-order valence-electron chi connectivity index (χ4n) is 2.38. The molecule has 1 aromatic rings. The Morgan fingerprint density at radius 3 is 2.53 bits per heavy atom. The molecule has 102 valence electrons. The molecule has 0 spiro atoms. The standard InChI is InChI=1S/C16H21NO2/c1-4-16(7-8-16)14(18)10-15(19)17-13-9-11(2)5-6-12(13)3/h5-6,9H,4,7-8,10H2,1-3H3,(H,17,19). The zero-order valence-corrected chi connectivity index (χ0v) is 11.9. The van der Waals surface area contributed by atoms with E-state index >= 15 is 0 Å². The SMILES string of the molecule is CCC1(C(=O)CC(=O)Nc2cc(C)ccc2C)CC1. The first-order chi connectivity index (χ1) is 8.97. The van der Waals surface area contributed by atoms with Gasteiger partial charge in [-0.05, 0) is 50.3 Å². The molecule has 0 radical (unpaired) electrons. The van der Waals surface area contributed by atoms with Crippen molar-refractivity contribution >= 4 is 17.4 Å². The van der Waals surface area contributed by atoms with E-state index in [0.717, 1.165) is 36.1 Å². The van der Waals surface area contributed by atoms with Crippen LogP contribution in [0.2, 0.25) is 0 Å². The second kappa shape index (κ2) is 5.16. The van der Waals surface area contributed by atoms with E-state index in [-0.39, 0.29) is 23.5 Å². The number of amides is 1. The van der Waals surface area contributed by atoms with Crippen LogP contribution in [0.5, 0.6) is 0 Å². The fourth-order valence-corrected chi connectivity index (χ4v) is 2.38. The lowest BCUT2D eigenvalue weighted by Crippen LogP contribution is -2.23.